The molecule has 0 aliphatic carbocycles. The number of nitrogens with one attached hydrogen (secondary N) is 1. The van der Waals surface area contributed by atoms with Gasteiger partial charge in [0, 0.05) is 24.4 Å². The van der Waals surface area contributed by atoms with Gasteiger partial charge in [0.15, 0.2) is 4.34 Å². The van der Waals surface area contributed by atoms with Gasteiger partial charge < -0.3 is 4.90 Å². The van der Waals surface area contributed by atoms with Crippen molar-refractivity contribution >= 4 is 49.8 Å². The summed E-state index contributed by atoms with van der Waals surface area (Å²) < 4.78 is 28.2. The van der Waals surface area contributed by atoms with Crippen molar-refractivity contribution in [1.29, 1.82) is 0 Å². The van der Waals surface area contributed by atoms with E-state index in [1.54, 1.807) is 28.8 Å². The predicted molar refractivity (Wildman–Crippen MR) is 104 cm³/mol. The summed E-state index contributed by atoms with van der Waals surface area (Å²) >= 11 is 2.78. The Labute approximate surface area is 161 Å². The molecule has 0 bridgehead atoms. The Bertz CT molecular complexity index is 878. The number of hydrogen-bond acceptors (Lipinski definition) is 7. The lowest BCUT2D eigenvalue weighted by atomic mass is 10.3. The Morgan fingerprint density at radius 3 is 2.62 bits per heavy atom. The molecule has 1 fully saturated rings. The van der Waals surface area contributed by atoms with Gasteiger partial charge in [0.05, 0.1) is 4.90 Å². The number of hydrogen-bond donors (Lipinski definition) is 1. The first-order valence-electron chi connectivity index (χ1n) is 8.25. The highest BCUT2D eigenvalue weighted by Crippen LogP contribution is 2.29. The number of thioether (sulfide) groups is 1. The molecule has 1 aliphatic rings. The van der Waals surface area contributed by atoms with Gasteiger partial charge >= 0.3 is 0 Å². The Balaban J connectivity index is 1.69. The average Bonchev–Trinajstić information content (AvgIpc) is 3.21. The maximum Gasteiger partial charge on any atom is 0.263 e. The van der Waals surface area contributed by atoms with Crippen LogP contribution in [0, 0.1) is 5.92 Å². The zero-order chi connectivity index (χ0) is 18.7. The van der Waals surface area contributed by atoms with Crippen molar-refractivity contribution in [1.82, 2.24) is 10.2 Å². The fourth-order valence-electron chi connectivity index (χ4n) is 2.45. The van der Waals surface area contributed by atoms with Crippen molar-refractivity contribution in [2.24, 2.45) is 5.92 Å². The van der Waals surface area contributed by atoms with Crippen LogP contribution in [0.1, 0.15) is 26.7 Å². The lowest BCUT2D eigenvalue weighted by Gasteiger charge is -2.15. The van der Waals surface area contributed by atoms with E-state index in [1.165, 1.54) is 23.5 Å². The Kier molecular flexibility index (Phi) is 5.83. The normalized spacial score (nSPS) is 15.0. The first-order valence-corrected chi connectivity index (χ1v) is 11.5. The van der Waals surface area contributed by atoms with Crippen LogP contribution in [-0.2, 0) is 14.8 Å². The SMILES string of the molecule is CC(C)CSc1nnc(NS(=O)(=O)c2ccc(N3CCCC3=O)cc2)s1. The van der Waals surface area contributed by atoms with E-state index in [4.69, 9.17) is 0 Å². The zero-order valence-corrected chi connectivity index (χ0v) is 17.0. The third-order valence-electron chi connectivity index (χ3n) is 3.70. The molecule has 1 amide bonds. The third kappa shape index (κ3) is 4.54. The van der Waals surface area contributed by atoms with Gasteiger partial charge in [-0.25, -0.2) is 8.42 Å². The molecule has 140 valence electrons. The fraction of sp³-hybridized carbons (Fsp3) is 0.438. The monoisotopic (exact) mass is 412 g/mol. The van der Waals surface area contributed by atoms with Crippen LogP contribution in [0.15, 0.2) is 33.5 Å². The standard InChI is InChI=1S/C16H20N4O3S3/c1-11(2)10-24-16-18-17-15(25-16)19-26(22,23)13-7-5-12(6-8-13)20-9-3-4-14(20)21/h5-8,11H,3-4,9-10H2,1-2H3,(H,17,19). The maximum atomic E-state index is 12.5. The second-order valence-electron chi connectivity index (χ2n) is 6.33. The van der Waals surface area contributed by atoms with E-state index in [9.17, 15) is 13.2 Å². The van der Waals surface area contributed by atoms with Gasteiger partial charge in [0.25, 0.3) is 10.0 Å². The third-order valence-corrected chi connectivity index (χ3v) is 7.58. The number of anilines is 2. The number of rotatable bonds is 7. The zero-order valence-electron chi connectivity index (χ0n) is 14.5. The molecule has 1 aromatic carbocycles. The number of benzene rings is 1. The molecule has 1 aromatic heterocycles. The molecular formula is C16H20N4O3S3. The minimum atomic E-state index is -3.74. The summed E-state index contributed by atoms with van der Waals surface area (Å²) in [4.78, 5) is 13.6. The summed E-state index contributed by atoms with van der Waals surface area (Å²) in [5.41, 5.74) is 0.717. The van der Waals surface area contributed by atoms with E-state index in [-0.39, 0.29) is 15.9 Å². The van der Waals surface area contributed by atoms with Crippen LogP contribution < -0.4 is 9.62 Å². The smallest absolute Gasteiger partial charge is 0.263 e. The quantitative estimate of drug-likeness (QED) is 0.702. The first-order chi connectivity index (χ1) is 12.3. The van der Waals surface area contributed by atoms with Gasteiger partial charge in [0.2, 0.25) is 11.0 Å². The largest absolute Gasteiger partial charge is 0.312 e. The summed E-state index contributed by atoms with van der Waals surface area (Å²) in [6.45, 7) is 4.89. The Hall–Kier alpha value is -1.65. The van der Waals surface area contributed by atoms with E-state index in [1.807, 2.05) is 0 Å². The molecule has 26 heavy (non-hydrogen) atoms. The van der Waals surface area contributed by atoms with Crippen LogP contribution in [0.2, 0.25) is 0 Å². The number of nitrogens with zero attached hydrogens (tertiary/aromatic N) is 3. The van der Waals surface area contributed by atoms with Gasteiger partial charge in [-0.2, -0.15) is 0 Å². The van der Waals surface area contributed by atoms with Gasteiger partial charge in [-0.05, 0) is 36.6 Å². The summed E-state index contributed by atoms with van der Waals surface area (Å²) in [7, 11) is -3.74. The van der Waals surface area contributed by atoms with Gasteiger partial charge in [0.1, 0.15) is 0 Å². The maximum absolute atomic E-state index is 12.5. The molecule has 0 radical (unpaired) electrons. The van der Waals surface area contributed by atoms with Crippen LogP contribution in [0.3, 0.4) is 0 Å². The van der Waals surface area contributed by atoms with Crippen molar-refractivity contribution < 1.29 is 13.2 Å². The van der Waals surface area contributed by atoms with Crippen molar-refractivity contribution in [3.63, 3.8) is 0 Å². The van der Waals surface area contributed by atoms with Crippen LogP contribution in [0.25, 0.3) is 0 Å². The molecule has 0 saturated carbocycles. The lowest BCUT2D eigenvalue weighted by Crippen LogP contribution is -2.23. The summed E-state index contributed by atoms with van der Waals surface area (Å²) in [6, 6.07) is 6.31. The van der Waals surface area contributed by atoms with E-state index >= 15 is 0 Å². The molecular weight excluding hydrogens is 392 g/mol. The second-order valence-corrected chi connectivity index (χ2v) is 10.3. The van der Waals surface area contributed by atoms with Crippen molar-refractivity contribution in [3.8, 4) is 0 Å². The van der Waals surface area contributed by atoms with Gasteiger partial charge in [-0.15, -0.1) is 10.2 Å². The van der Waals surface area contributed by atoms with Crippen LogP contribution >= 0.6 is 23.1 Å². The molecule has 3 rings (SSSR count). The van der Waals surface area contributed by atoms with E-state index in [2.05, 4.69) is 28.8 Å². The molecule has 0 atom stereocenters. The molecule has 1 saturated heterocycles. The molecule has 2 heterocycles. The van der Waals surface area contributed by atoms with Crippen LogP contribution in [0.5, 0.6) is 0 Å². The second kappa shape index (κ2) is 7.93. The van der Waals surface area contributed by atoms with E-state index < -0.39 is 10.0 Å². The highest BCUT2D eigenvalue weighted by molar-refractivity contribution is 8.01. The Morgan fingerprint density at radius 2 is 2.00 bits per heavy atom. The van der Waals surface area contributed by atoms with E-state index in [0.717, 1.165) is 22.2 Å². The van der Waals surface area contributed by atoms with Gasteiger partial charge in [-0.1, -0.05) is 36.9 Å². The van der Waals surface area contributed by atoms with Crippen molar-refractivity contribution in [2.45, 2.75) is 35.9 Å². The summed E-state index contributed by atoms with van der Waals surface area (Å²) in [5, 5.41) is 8.15. The van der Waals surface area contributed by atoms with Crippen LogP contribution in [-0.4, -0.2) is 36.8 Å². The molecule has 7 nitrogen and oxygen atoms in total. The summed E-state index contributed by atoms with van der Waals surface area (Å²) in [6.07, 6.45) is 1.37. The molecule has 1 N–H and O–H groups in total. The summed E-state index contributed by atoms with van der Waals surface area (Å²) in [5.74, 6) is 1.49. The first kappa shape index (κ1) is 19.1. The number of carbonyl (C=O) groups excluding carboxylic acids is 1. The predicted octanol–water partition coefficient (Wildman–Crippen LogP) is 3.21. The highest BCUT2D eigenvalue weighted by atomic mass is 32.2. The number of sulfonamides is 1. The minimum absolute atomic E-state index is 0.0685. The average molecular weight is 413 g/mol. The van der Waals surface area contributed by atoms with Gasteiger partial charge in [-0.3, -0.25) is 9.52 Å². The number of amides is 1. The topological polar surface area (TPSA) is 92.3 Å². The Morgan fingerprint density at radius 1 is 1.27 bits per heavy atom. The lowest BCUT2D eigenvalue weighted by molar-refractivity contribution is -0.117. The molecule has 1 aliphatic heterocycles. The molecule has 10 heteroatoms. The molecule has 2 aromatic rings. The van der Waals surface area contributed by atoms with Crippen LogP contribution in [0.4, 0.5) is 10.8 Å². The minimum Gasteiger partial charge on any atom is -0.312 e. The number of carbonyl (C=O) groups is 1. The van der Waals surface area contributed by atoms with Crippen molar-refractivity contribution in [2.75, 3.05) is 21.9 Å². The number of aromatic nitrogens is 2. The van der Waals surface area contributed by atoms with E-state index in [0.29, 0.717) is 18.9 Å². The van der Waals surface area contributed by atoms with Crippen molar-refractivity contribution in [3.05, 3.63) is 24.3 Å². The molecule has 0 unspecified atom stereocenters. The highest BCUT2D eigenvalue weighted by Gasteiger charge is 2.23. The molecule has 0 spiro atoms. The fourth-order valence-corrected chi connectivity index (χ4v) is 5.41.